The van der Waals surface area contributed by atoms with Gasteiger partial charge in [-0.3, -0.25) is 4.79 Å². The van der Waals surface area contributed by atoms with Crippen LogP contribution < -0.4 is 5.56 Å². The molecule has 2 aromatic rings. The molecule has 6 heteroatoms. The summed E-state index contributed by atoms with van der Waals surface area (Å²) in [5, 5.41) is 21.9. The number of benzene rings is 1. The summed E-state index contributed by atoms with van der Waals surface area (Å²) >= 11 is 0. The molecular weight excluding hydrogens is 237 g/mol. The van der Waals surface area contributed by atoms with Crippen molar-refractivity contribution >= 4 is 0 Å². The molecule has 0 fully saturated rings. The number of halogens is 1. The van der Waals surface area contributed by atoms with E-state index in [9.17, 15) is 14.3 Å². The van der Waals surface area contributed by atoms with Crippen LogP contribution in [-0.4, -0.2) is 14.9 Å². The zero-order chi connectivity index (χ0) is 13.1. The number of aromatic hydroxyl groups is 1. The Bertz CT molecular complexity index is 688. The lowest BCUT2D eigenvalue weighted by Crippen LogP contribution is -2.21. The van der Waals surface area contributed by atoms with Crippen LogP contribution in [0.15, 0.2) is 35.1 Å². The van der Waals surface area contributed by atoms with Gasteiger partial charge >= 0.3 is 0 Å². The van der Waals surface area contributed by atoms with Gasteiger partial charge in [-0.15, -0.1) is 0 Å². The molecule has 2 rings (SSSR count). The van der Waals surface area contributed by atoms with Gasteiger partial charge in [-0.05, 0) is 18.2 Å². The van der Waals surface area contributed by atoms with Gasteiger partial charge in [-0.2, -0.15) is 15.0 Å². The van der Waals surface area contributed by atoms with Crippen LogP contribution in [0, 0.1) is 17.1 Å². The van der Waals surface area contributed by atoms with E-state index in [4.69, 9.17) is 5.26 Å². The lowest BCUT2D eigenvalue weighted by atomic mass is 10.2. The molecule has 0 unspecified atom stereocenters. The van der Waals surface area contributed by atoms with Gasteiger partial charge in [0.1, 0.15) is 17.3 Å². The van der Waals surface area contributed by atoms with E-state index in [2.05, 4.69) is 5.10 Å². The summed E-state index contributed by atoms with van der Waals surface area (Å²) in [6.07, 6.45) is -0.137. The molecule has 0 amide bonds. The second kappa shape index (κ2) is 4.67. The summed E-state index contributed by atoms with van der Waals surface area (Å²) in [5.74, 6) is -0.842. The van der Waals surface area contributed by atoms with Crippen molar-refractivity contribution in [3.63, 3.8) is 0 Å². The number of nitriles is 1. The van der Waals surface area contributed by atoms with Gasteiger partial charge in [0.15, 0.2) is 0 Å². The summed E-state index contributed by atoms with van der Waals surface area (Å²) in [7, 11) is 0. The summed E-state index contributed by atoms with van der Waals surface area (Å²) in [6.45, 7) is 0. The SMILES string of the molecule is N#CCc1nn(-c2cccc(F)c2)c(=O)cc1O. The summed E-state index contributed by atoms with van der Waals surface area (Å²) in [6, 6.07) is 8.10. The molecule has 0 atom stereocenters. The van der Waals surface area contributed by atoms with E-state index in [0.717, 1.165) is 16.8 Å². The quantitative estimate of drug-likeness (QED) is 0.860. The highest BCUT2D eigenvalue weighted by Crippen LogP contribution is 2.13. The molecule has 90 valence electrons. The zero-order valence-electron chi connectivity index (χ0n) is 9.17. The van der Waals surface area contributed by atoms with Gasteiger partial charge in [0, 0.05) is 6.07 Å². The van der Waals surface area contributed by atoms with E-state index in [1.54, 1.807) is 0 Å². The lowest BCUT2D eigenvalue weighted by molar-refractivity contribution is 0.459. The smallest absolute Gasteiger partial charge is 0.275 e. The van der Waals surface area contributed by atoms with E-state index in [1.807, 2.05) is 6.07 Å². The van der Waals surface area contributed by atoms with Crippen LogP contribution in [0.1, 0.15) is 5.69 Å². The maximum absolute atomic E-state index is 13.1. The van der Waals surface area contributed by atoms with E-state index < -0.39 is 11.4 Å². The minimum absolute atomic E-state index is 0.0707. The molecule has 1 N–H and O–H groups in total. The molecule has 0 spiro atoms. The maximum atomic E-state index is 13.1. The molecule has 1 heterocycles. The predicted octanol–water partition coefficient (Wildman–Crippen LogP) is 1.14. The van der Waals surface area contributed by atoms with E-state index in [0.29, 0.717) is 0 Å². The Hall–Kier alpha value is -2.68. The first kappa shape index (κ1) is 11.8. The van der Waals surface area contributed by atoms with Crippen molar-refractivity contribution in [1.29, 1.82) is 5.26 Å². The first-order chi connectivity index (χ1) is 8.61. The molecule has 0 aliphatic carbocycles. The fourth-order valence-corrected chi connectivity index (χ4v) is 1.48. The van der Waals surface area contributed by atoms with Crippen LogP contribution in [0.2, 0.25) is 0 Å². The minimum Gasteiger partial charge on any atom is -0.506 e. The molecule has 0 bridgehead atoms. The zero-order valence-corrected chi connectivity index (χ0v) is 9.17. The molecule has 0 aliphatic rings. The highest BCUT2D eigenvalue weighted by Gasteiger charge is 2.09. The topological polar surface area (TPSA) is 78.9 Å². The Morgan fingerprint density at radius 2 is 2.22 bits per heavy atom. The highest BCUT2D eigenvalue weighted by atomic mass is 19.1. The Balaban J connectivity index is 2.61. The van der Waals surface area contributed by atoms with Crippen LogP contribution in [0.5, 0.6) is 5.75 Å². The van der Waals surface area contributed by atoms with Gasteiger partial charge in [0.25, 0.3) is 5.56 Å². The Morgan fingerprint density at radius 3 is 2.89 bits per heavy atom. The fraction of sp³-hybridized carbons (Fsp3) is 0.0833. The monoisotopic (exact) mass is 245 g/mol. The van der Waals surface area contributed by atoms with E-state index >= 15 is 0 Å². The van der Waals surface area contributed by atoms with Crippen molar-refractivity contribution in [1.82, 2.24) is 9.78 Å². The summed E-state index contributed by atoms with van der Waals surface area (Å²) in [5.41, 5.74) is -0.291. The van der Waals surface area contributed by atoms with Crippen molar-refractivity contribution in [2.75, 3.05) is 0 Å². The molecule has 1 aromatic heterocycles. The molecular formula is C12H8FN3O2. The lowest BCUT2D eigenvalue weighted by Gasteiger charge is -2.06. The Labute approximate surface area is 101 Å². The second-order valence-corrected chi connectivity index (χ2v) is 3.54. The number of hydrogen-bond donors (Lipinski definition) is 1. The average Bonchev–Trinajstić information content (AvgIpc) is 2.33. The van der Waals surface area contributed by atoms with Crippen molar-refractivity contribution in [3.05, 3.63) is 52.2 Å². The fourth-order valence-electron chi connectivity index (χ4n) is 1.48. The van der Waals surface area contributed by atoms with Gasteiger partial charge in [-0.1, -0.05) is 6.07 Å². The van der Waals surface area contributed by atoms with E-state index in [1.165, 1.54) is 18.2 Å². The highest BCUT2D eigenvalue weighted by molar-refractivity contribution is 5.34. The van der Waals surface area contributed by atoms with Crippen LogP contribution in [0.4, 0.5) is 4.39 Å². The van der Waals surface area contributed by atoms with Crippen molar-refractivity contribution in [2.24, 2.45) is 0 Å². The molecule has 5 nitrogen and oxygen atoms in total. The van der Waals surface area contributed by atoms with Crippen LogP contribution >= 0.6 is 0 Å². The molecule has 0 saturated heterocycles. The third-order valence-corrected chi connectivity index (χ3v) is 2.28. The van der Waals surface area contributed by atoms with E-state index in [-0.39, 0.29) is 23.6 Å². The van der Waals surface area contributed by atoms with Gasteiger partial charge in [0.2, 0.25) is 0 Å². The van der Waals surface area contributed by atoms with Crippen LogP contribution in [0.3, 0.4) is 0 Å². The summed E-state index contributed by atoms with van der Waals surface area (Å²) in [4.78, 5) is 11.6. The van der Waals surface area contributed by atoms with Crippen molar-refractivity contribution < 1.29 is 9.50 Å². The standard InChI is InChI=1S/C12H8FN3O2/c13-8-2-1-3-9(6-8)16-12(18)7-11(17)10(15-16)4-5-14/h1-3,6-7,17H,4H2. The summed E-state index contributed by atoms with van der Waals surface area (Å²) < 4.78 is 14.0. The predicted molar refractivity (Wildman–Crippen MR) is 60.8 cm³/mol. The largest absolute Gasteiger partial charge is 0.506 e. The maximum Gasteiger partial charge on any atom is 0.275 e. The van der Waals surface area contributed by atoms with Crippen LogP contribution in [-0.2, 0) is 6.42 Å². The van der Waals surface area contributed by atoms with Crippen LogP contribution in [0.25, 0.3) is 5.69 Å². The average molecular weight is 245 g/mol. The third-order valence-electron chi connectivity index (χ3n) is 2.28. The van der Waals surface area contributed by atoms with Crippen molar-refractivity contribution in [2.45, 2.75) is 6.42 Å². The number of hydrogen-bond acceptors (Lipinski definition) is 4. The Morgan fingerprint density at radius 1 is 1.44 bits per heavy atom. The Kier molecular flexibility index (Phi) is 3.06. The minimum atomic E-state index is -0.597. The number of rotatable bonds is 2. The van der Waals surface area contributed by atoms with Gasteiger partial charge in [-0.25, -0.2) is 4.39 Å². The molecule has 0 radical (unpaired) electrons. The normalized spacial score (nSPS) is 10.0. The number of aromatic nitrogens is 2. The third kappa shape index (κ3) is 2.20. The first-order valence-corrected chi connectivity index (χ1v) is 5.07. The molecule has 0 aliphatic heterocycles. The second-order valence-electron chi connectivity index (χ2n) is 3.54. The molecule has 0 saturated carbocycles. The van der Waals surface area contributed by atoms with Gasteiger partial charge < -0.3 is 5.11 Å². The first-order valence-electron chi connectivity index (χ1n) is 5.07. The van der Waals surface area contributed by atoms with Gasteiger partial charge in [0.05, 0.1) is 18.2 Å². The van der Waals surface area contributed by atoms with Crippen molar-refractivity contribution in [3.8, 4) is 17.5 Å². The molecule has 18 heavy (non-hydrogen) atoms. The number of nitrogens with zero attached hydrogens (tertiary/aromatic N) is 3. The molecule has 1 aromatic carbocycles.